The number of nitrogens with two attached hydrogens (primary N) is 1. The van der Waals surface area contributed by atoms with Crippen LogP contribution in [0.15, 0.2) is 22.7 Å². The first-order valence-electron chi connectivity index (χ1n) is 5.50. The highest BCUT2D eigenvalue weighted by molar-refractivity contribution is 9.10. The second-order valence-corrected chi connectivity index (χ2v) is 4.76. The molecule has 1 aromatic carbocycles. The fourth-order valence-electron chi connectivity index (χ4n) is 1.50. The van der Waals surface area contributed by atoms with Crippen LogP contribution in [-0.2, 0) is 0 Å². The Morgan fingerprint density at radius 2 is 2.05 bits per heavy atom. The molecule has 0 fully saturated rings. The molecule has 96 valence electrons. The molecule has 0 aliphatic heterocycles. The zero-order valence-corrected chi connectivity index (χ0v) is 12.0. The molecular formula is C13H11BrN4O. The van der Waals surface area contributed by atoms with Gasteiger partial charge in [0.05, 0.1) is 10.2 Å². The molecule has 0 aliphatic carbocycles. The number of nitrogen functional groups attached to an aromatic ring is 1. The predicted octanol–water partition coefficient (Wildman–Crippen LogP) is 3.10. The molecule has 2 N–H and O–H groups in total. The molecule has 0 atom stereocenters. The van der Waals surface area contributed by atoms with E-state index in [0.29, 0.717) is 27.2 Å². The van der Waals surface area contributed by atoms with Gasteiger partial charge >= 0.3 is 0 Å². The first kappa shape index (κ1) is 13.3. The number of ether oxygens (including phenoxy) is 1. The normalized spacial score (nSPS) is 10.0. The van der Waals surface area contributed by atoms with Crippen molar-refractivity contribution in [3.8, 4) is 17.7 Å². The Labute approximate surface area is 119 Å². The third-order valence-electron chi connectivity index (χ3n) is 2.73. The van der Waals surface area contributed by atoms with Crippen LogP contribution in [0.2, 0.25) is 0 Å². The van der Waals surface area contributed by atoms with Crippen LogP contribution in [0.4, 0.5) is 5.69 Å². The van der Waals surface area contributed by atoms with Gasteiger partial charge < -0.3 is 10.5 Å². The number of nitrogens with zero attached hydrogens (tertiary/aromatic N) is 3. The molecule has 0 unspecified atom stereocenters. The highest BCUT2D eigenvalue weighted by Gasteiger charge is 2.14. The van der Waals surface area contributed by atoms with E-state index < -0.39 is 0 Å². The van der Waals surface area contributed by atoms with Crippen molar-refractivity contribution in [1.29, 1.82) is 5.26 Å². The number of hydrogen-bond donors (Lipinski definition) is 1. The van der Waals surface area contributed by atoms with Crippen molar-refractivity contribution in [2.24, 2.45) is 0 Å². The van der Waals surface area contributed by atoms with Gasteiger partial charge in [0.2, 0.25) is 0 Å². The Kier molecular flexibility index (Phi) is 3.67. The predicted molar refractivity (Wildman–Crippen MR) is 74.8 cm³/mol. The van der Waals surface area contributed by atoms with Crippen LogP contribution in [0.25, 0.3) is 0 Å². The van der Waals surface area contributed by atoms with E-state index in [1.165, 1.54) is 0 Å². The van der Waals surface area contributed by atoms with Gasteiger partial charge in [0, 0.05) is 5.69 Å². The first-order valence-corrected chi connectivity index (χ1v) is 6.29. The molecule has 0 amide bonds. The maximum absolute atomic E-state index is 9.19. The number of rotatable bonds is 2. The minimum Gasteiger partial charge on any atom is -0.435 e. The summed E-state index contributed by atoms with van der Waals surface area (Å²) in [4.78, 5) is 0. The van der Waals surface area contributed by atoms with Crippen LogP contribution in [-0.4, -0.2) is 10.2 Å². The van der Waals surface area contributed by atoms with E-state index in [-0.39, 0.29) is 5.88 Å². The Hall–Kier alpha value is -2.13. The molecule has 0 bridgehead atoms. The largest absolute Gasteiger partial charge is 0.435 e. The monoisotopic (exact) mass is 318 g/mol. The lowest BCUT2D eigenvalue weighted by Crippen LogP contribution is -2.01. The van der Waals surface area contributed by atoms with Crippen molar-refractivity contribution in [1.82, 2.24) is 10.2 Å². The van der Waals surface area contributed by atoms with E-state index in [9.17, 15) is 5.26 Å². The SMILES string of the molecule is Cc1nnc(Oc2cccc(N)c2Br)c(C#N)c1C. The standard InChI is InChI=1S/C13H11BrN4O/c1-7-8(2)17-18-13(9(7)6-15)19-11-5-3-4-10(16)12(11)14/h3-5H,16H2,1-2H3. The summed E-state index contributed by atoms with van der Waals surface area (Å²) in [5, 5.41) is 17.1. The van der Waals surface area contributed by atoms with Crippen molar-refractivity contribution in [2.45, 2.75) is 13.8 Å². The third-order valence-corrected chi connectivity index (χ3v) is 3.58. The number of aryl methyl sites for hydroxylation is 1. The number of halogens is 1. The molecule has 6 heteroatoms. The van der Waals surface area contributed by atoms with E-state index in [1.807, 2.05) is 6.92 Å². The summed E-state index contributed by atoms with van der Waals surface area (Å²) >= 11 is 3.34. The average Bonchev–Trinajstić information content (AvgIpc) is 2.39. The van der Waals surface area contributed by atoms with Crippen LogP contribution in [0.3, 0.4) is 0 Å². The molecule has 2 rings (SSSR count). The van der Waals surface area contributed by atoms with Crippen LogP contribution in [0.5, 0.6) is 11.6 Å². The van der Waals surface area contributed by atoms with Gasteiger partial charge in [-0.25, -0.2) is 0 Å². The van der Waals surface area contributed by atoms with E-state index in [4.69, 9.17) is 10.5 Å². The van der Waals surface area contributed by atoms with Gasteiger partial charge in [-0.05, 0) is 47.5 Å². The maximum Gasteiger partial charge on any atom is 0.257 e. The smallest absolute Gasteiger partial charge is 0.257 e. The highest BCUT2D eigenvalue weighted by Crippen LogP contribution is 2.34. The number of anilines is 1. The van der Waals surface area contributed by atoms with Crippen molar-refractivity contribution in [3.63, 3.8) is 0 Å². The second kappa shape index (κ2) is 5.24. The summed E-state index contributed by atoms with van der Waals surface area (Å²) in [5.74, 6) is 0.672. The molecule has 1 aromatic heterocycles. The fraction of sp³-hybridized carbons (Fsp3) is 0.154. The minimum absolute atomic E-state index is 0.178. The van der Waals surface area contributed by atoms with E-state index in [2.05, 4.69) is 32.2 Å². The summed E-state index contributed by atoms with van der Waals surface area (Å²) in [6.07, 6.45) is 0. The summed E-state index contributed by atoms with van der Waals surface area (Å²) < 4.78 is 6.25. The summed E-state index contributed by atoms with van der Waals surface area (Å²) in [5.41, 5.74) is 8.16. The van der Waals surface area contributed by atoms with Crippen LogP contribution in [0.1, 0.15) is 16.8 Å². The molecule has 0 radical (unpaired) electrons. The minimum atomic E-state index is 0.178. The van der Waals surface area contributed by atoms with Gasteiger partial charge in [-0.3, -0.25) is 0 Å². The first-order chi connectivity index (χ1) is 9.04. The Bertz CT molecular complexity index is 679. The Morgan fingerprint density at radius 3 is 2.74 bits per heavy atom. The van der Waals surface area contributed by atoms with Crippen molar-refractivity contribution in [2.75, 3.05) is 5.73 Å². The topological polar surface area (TPSA) is 84.8 Å². The summed E-state index contributed by atoms with van der Waals surface area (Å²) in [6, 6.07) is 7.32. The van der Waals surface area contributed by atoms with Gasteiger partial charge in [-0.2, -0.15) is 10.4 Å². The molecule has 1 heterocycles. The van der Waals surface area contributed by atoms with Crippen molar-refractivity contribution >= 4 is 21.6 Å². The van der Waals surface area contributed by atoms with E-state index in [1.54, 1.807) is 25.1 Å². The molecule has 5 nitrogen and oxygen atoms in total. The van der Waals surface area contributed by atoms with Crippen molar-refractivity contribution < 1.29 is 4.74 Å². The van der Waals surface area contributed by atoms with Gasteiger partial charge in [0.25, 0.3) is 5.88 Å². The molecule has 0 saturated carbocycles. The lowest BCUT2D eigenvalue weighted by molar-refractivity contribution is 0.449. The summed E-state index contributed by atoms with van der Waals surface area (Å²) in [6.45, 7) is 3.60. The zero-order chi connectivity index (χ0) is 14.0. The number of benzene rings is 1. The molecule has 0 saturated heterocycles. The van der Waals surface area contributed by atoms with Gasteiger partial charge in [0.15, 0.2) is 0 Å². The molecule has 0 aliphatic rings. The highest BCUT2D eigenvalue weighted by atomic mass is 79.9. The van der Waals surface area contributed by atoms with Gasteiger partial charge in [-0.1, -0.05) is 6.07 Å². The molecule has 2 aromatic rings. The Balaban J connectivity index is 2.48. The molecular weight excluding hydrogens is 308 g/mol. The second-order valence-electron chi connectivity index (χ2n) is 3.96. The fourth-order valence-corrected chi connectivity index (χ4v) is 1.85. The number of nitriles is 1. The van der Waals surface area contributed by atoms with Crippen LogP contribution >= 0.6 is 15.9 Å². The number of hydrogen-bond acceptors (Lipinski definition) is 5. The van der Waals surface area contributed by atoms with Gasteiger partial charge in [0.1, 0.15) is 17.4 Å². The molecule has 0 spiro atoms. The lowest BCUT2D eigenvalue weighted by Gasteiger charge is -2.10. The summed E-state index contributed by atoms with van der Waals surface area (Å²) in [7, 11) is 0. The van der Waals surface area contributed by atoms with Crippen molar-refractivity contribution in [3.05, 3.63) is 39.5 Å². The van der Waals surface area contributed by atoms with Gasteiger partial charge in [-0.15, -0.1) is 5.10 Å². The Morgan fingerprint density at radius 1 is 1.32 bits per heavy atom. The number of aromatic nitrogens is 2. The van der Waals surface area contributed by atoms with Crippen LogP contribution in [0, 0.1) is 25.2 Å². The van der Waals surface area contributed by atoms with Crippen LogP contribution < -0.4 is 10.5 Å². The average molecular weight is 319 g/mol. The van der Waals surface area contributed by atoms with E-state index >= 15 is 0 Å². The molecule has 19 heavy (non-hydrogen) atoms. The quantitative estimate of drug-likeness (QED) is 0.860. The lowest BCUT2D eigenvalue weighted by atomic mass is 10.1. The van der Waals surface area contributed by atoms with E-state index in [0.717, 1.165) is 5.56 Å². The third kappa shape index (κ3) is 2.51. The maximum atomic E-state index is 9.19. The zero-order valence-electron chi connectivity index (χ0n) is 10.4.